The van der Waals surface area contributed by atoms with E-state index >= 15 is 0 Å². The third-order valence-electron chi connectivity index (χ3n) is 5.41. The normalized spacial score (nSPS) is 11.6. The molecule has 1 heterocycles. The second-order valence-electron chi connectivity index (χ2n) is 7.63. The van der Waals surface area contributed by atoms with Crippen molar-refractivity contribution >= 4 is 46.0 Å². The number of carbonyl (C=O) groups excluding carboxylic acids is 3. The van der Waals surface area contributed by atoms with E-state index in [1.54, 1.807) is 48.5 Å². The number of nitrogens with one attached hydrogen (secondary N) is 3. The first kappa shape index (κ1) is 23.1. The van der Waals surface area contributed by atoms with Crippen molar-refractivity contribution in [2.75, 3.05) is 12.4 Å². The van der Waals surface area contributed by atoms with E-state index < -0.39 is 23.8 Å². The fourth-order valence-corrected chi connectivity index (χ4v) is 3.87. The van der Waals surface area contributed by atoms with Crippen LogP contribution in [0.1, 0.15) is 26.3 Å². The number of ether oxygens (including phenoxy) is 1. The molecule has 0 aliphatic carbocycles. The average molecular weight is 476 g/mol. The number of anilines is 1. The van der Waals surface area contributed by atoms with Gasteiger partial charge in [-0.3, -0.25) is 9.59 Å². The molecular formula is C26H22ClN3O4. The summed E-state index contributed by atoms with van der Waals surface area (Å²) in [4.78, 5) is 41.0. The van der Waals surface area contributed by atoms with Crippen LogP contribution >= 0.6 is 11.6 Å². The van der Waals surface area contributed by atoms with Crippen LogP contribution in [0.25, 0.3) is 10.9 Å². The maximum absolute atomic E-state index is 13.2. The zero-order valence-corrected chi connectivity index (χ0v) is 19.1. The van der Waals surface area contributed by atoms with Crippen molar-refractivity contribution in [3.8, 4) is 0 Å². The first-order valence-corrected chi connectivity index (χ1v) is 10.9. The third-order valence-corrected chi connectivity index (χ3v) is 5.74. The minimum Gasteiger partial charge on any atom is -0.465 e. The molecule has 4 rings (SSSR count). The molecule has 0 aliphatic heterocycles. The molecule has 3 N–H and O–H groups in total. The minimum absolute atomic E-state index is 0.256. The number of amides is 2. The van der Waals surface area contributed by atoms with Gasteiger partial charge in [0.15, 0.2) is 0 Å². The van der Waals surface area contributed by atoms with Crippen LogP contribution in [-0.4, -0.2) is 35.9 Å². The number of fused-ring (bicyclic) bond motifs is 1. The van der Waals surface area contributed by atoms with Gasteiger partial charge in [0.1, 0.15) is 6.04 Å². The molecule has 172 valence electrons. The quantitative estimate of drug-likeness (QED) is 0.340. The number of aromatic nitrogens is 1. The summed E-state index contributed by atoms with van der Waals surface area (Å²) in [7, 11) is 1.30. The first-order chi connectivity index (χ1) is 16.5. The highest BCUT2D eigenvalue weighted by Gasteiger charge is 2.24. The van der Waals surface area contributed by atoms with Gasteiger partial charge in [0, 0.05) is 29.2 Å². The Morgan fingerprint density at radius 1 is 0.971 bits per heavy atom. The van der Waals surface area contributed by atoms with Crippen LogP contribution in [0.15, 0.2) is 79.0 Å². The zero-order chi connectivity index (χ0) is 24.1. The van der Waals surface area contributed by atoms with E-state index in [9.17, 15) is 14.4 Å². The second kappa shape index (κ2) is 10.2. The summed E-state index contributed by atoms with van der Waals surface area (Å²) in [6, 6.07) is 19.8. The van der Waals surface area contributed by atoms with Gasteiger partial charge in [0.2, 0.25) is 5.91 Å². The molecule has 0 bridgehead atoms. The van der Waals surface area contributed by atoms with Crippen molar-refractivity contribution in [1.29, 1.82) is 0 Å². The van der Waals surface area contributed by atoms with Crippen molar-refractivity contribution < 1.29 is 19.1 Å². The molecule has 0 spiro atoms. The summed E-state index contributed by atoms with van der Waals surface area (Å²) in [6.45, 7) is 0. The molecule has 0 saturated heterocycles. The summed E-state index contributed by atoms with van der Waals surface area (Å²) >= 11 is 6.18. The number of carbonyl (C=O) groups is 3. The van der Waals surface area contributed by atoms with Crippen molar-refractivity contribution in [2.45, 2.75) is 12.5 Å². The molecule has 0 aliphatic rings. The fraction of sp³-hybridized carbons (Fsp3) is 0.115. The molecule has 1 unspecified atom stereocenters. The molecule has 1 aromatic heterocycles. The van der Waals surface area contributed by atoms with Crippen molar-refractivity contribution in [3.05, 3.63) is 101 Å². The van der Waals surface area contributed by atoms with Gasteiger partial charge in [-0.25, -0.2) is 4.79 Å². The lowest BCUT2D eigenvalue weighted by Crippen LogP contribution is -2.45. The van der Waals surface area contributed by atoms with Gasteiger partial charge in [0.05, 0.1) is 23.3 Å². The second-order valence-corrected chi connectivity index (χ2v) is 8.03. The van der Waals surface area contributed by atoms with Crippen LogP contribution in [0.3, 0.4) is 0 Å². The summed E-state index contributed by atoms with van der Waals surface area (Å²) in [6.07, 6.45) is 2.09. The number of hydrogen-bond donors (Lipinski definition) is 3. The highest BCUT2D eigenvalue weighted by atomic mass is 35.5. The lowest BCUT2D eigenvalue weighted by atomic mass is 10.0. The monoisotopic (exact) mass is 475 g/mol. The number of aromatic amines is 1. The number of halogens is 1. The molecule has 0 fully saturated rings. The van der Waals surface area contributed by atoms with Gasteiger partial charge in [0.25, 0.3) is 5.91 Å². The Hall–Kier alpha value is -4.10. The maximum Gasteiger partial charge on any atom is 0.337 e. The first-order valence-electron chi connectivity index (χ1n) is 10.6. The van der Waals surface area contributed by atoms with E-state index in [0.29, 0.717) is 16.3 Å². The van der Waals surface area contributed by atoms with E-state index in [1.165, 1.54) is 7.11 Å². The van der Waals surface area contributed by atoms with Crippen LogP contribution in [0.2, 0.25) is 5.02 Å². The van der Waals surface area contributed by atoms with Gasteiger partial charge < -0.3 is 20.4 Å². The van der Waals surface area contributed by atoms with Gasteiger partial charge >= 0.3 is 5.97 Å². The van der Waals surface area contributed by atoms with Crippen molar-refractivity contribution in [2.24, 2.45) is 0 Å². The standard InChI is InChI=1S/C26H22ClN3O4/c1-34-26(33)16-10-12-18(13-11-16)29-25(32)23(30-24(31)20-7-2-4-8-21(20)27)14-17-15-28-22-9-5-3-6-19(17)22/h2-13,15,23,28H,14H2,1H3,(H,29,32)(H,30,31). The predicted octanol–water partition coefficient (Wildman–Crippen LogP) is 4.59. The van der Waals surface area contributed by atoms with Crippen LogP contribution in [0, 0.1) is 0 Å². The van der Waals surface area contributed by atoms with Crippen molar-refractivity contribution in [1.82, 2.24) is 10.3 Å². The van der Waals surface area contributed by atoms with Crippen LogP contribution in [0.5, 0.6) is 0 Å². The largest absolute Gasteiger partial charge is 0.465 e. The van der Waals surface area contributed by atoms with E-state index in [4.69, 9.17) is 16.3 Å². The highest BCUT2D eigenvalue weighted by Crippen LogP contribution is 2.21. The smallest absolute Gasteiger partial charge is 0.337 e. The Balaban J connectivity index is 1.58. The highest BCUT2D eigenvalue weighted by molar-refractivity contribution is 6.33. The molecular weight excluding hydrogens is 454 g/mol. The number of para-hydroxylation sites is 1. The van der Waals surface area contributed by atoms with Gasteiger partial charge in [-0.15, -0.1) is 0 Å². The predicted molar refractivity (Wildman–Crippen MR) is 131 cm³/mol. The van der Waals surface area contributed by atoms with E-state index in [-0.39, 0.29) is 12.0 Å². The number of hydrogen-bond acceptors (Lipinski definition) is 4. The Labute approximate surface area is 201 Å². The maximum atomic E-state index is 13.2. The summed E-state index contributed by atoms with van der Waals surface area (Å²) < 4.78 is 4.70. The summed E-state index contributed by atoms with van der Waals surface area (Å²) in [5, 5.41) is 6.88. The number of esters is 1. The molecule has 8 heteroatoms. The molecule has 34 heavy (non-hydrogen) atoms. The zero-order valence-electron chi connectivity index (χ0n) is 18.3. The molecule has 1 atom stereocenters. The SMILES string of the molecule is COC(=O)c1ccc(NC(=O)C(Cc2c[nH]c3ccccc23)NC(=O)c2ccccc2Cl)cc1. The summed E-state index contributed by atoms with van der Waals surface area (Å²) in [5.41, 5.74) is 2.95. The molecule has 7 nitrogen and oxygen atoms in total. The lowest BCUT2D eigenvalue weighted by molar-refractivity contribution is -0.118. The van der Waals surface area contributed by atoms with Crippen LogP contribution < -0.4 is 10.6 Å². The van der Waals surface area contributed by atoms with Gasteiger partial charge in [-0.1, -0.05) is 41.9 Å². The lowest BCUT2D eigenvalue weighted by Gasteiger charge is -2.19. The number of H-pyrrole nitrogens is 1. The number of rotatable bonds is 7. The van der Waals surface area contributed by atoms with Crippen LogP contribution in [-0.2, 0) is 16.0 Å². The minimum atomic E-state index is -0.886. The van der Waals surface area contributed by atoms with E-state index in [0.717, 1.165) is 16.5 Å². The van der Waals surface area contributed by atoms with Gasteiger partial charge in [-0.2, -0.15) is 0 Å². The molecule has 4 aromatic rings. The Bertz CT molecular complexity index is 1350. The topological polar surface area (TPSA) is 100 Å². The fourth-order valence-electron chi connectivity index (χ4n) is 3.65. The van der Waals surface area contributed by atoms with E-state index in [2.05, 4.69) is 15.6 Å². The van der Waals surface area contributed by atoms with Crippen LogP contribution in [0.4, 0.5) is 5.69 Å². The Morgan fingerprint density at radius 2 is 1.68 bits per heavy atom. The van der Waals surface area contributed by atoms with E-state index in [1.807, 2.05) is 30.5 Å². The molecule has 2 amide bonds. The molecule has 3 aromatic carbocycles. The van der Waals surface area contributed by atoms with Crippen molar-refractivity contribution in [3.63, 3.8) is 0 Å². The molecule has 0 radical (unpaired) electrons. The number of methoxy groups -OCH3 is 1. The van der Waals surface area contributed by atoms with Gasteiger partial charge in [-0.05, 0) is 48.0 Å². The number of benzene rings is 3. The average Bonchev–Trinajstić information content (AvgIpc) is 3.26. The molecule has 0 saturated carbocycles. The Kier molecular flexibility index (Phi) is 6.94. The Morgan fingerprint density at radius 3 is 2.41 bits per heavy atom. The third kappa shape index (κ3) is 5.10. The summed E-state index contributed by atoms with van der Waals surface area (Å²) in [5.74, 6) is -1.33.